The molecule has 156 valence electrons. The number of likely N-dealkylation sites (tertiary alicyclic amines) is 1. The molecule has 0 bridgehead atoms. The van der Waals surface area contributed by atoms with E-state index in [1.807, 2.05) is 19.2 Å². The SMILES string of the molecule is CCOc1c(Br)cc(C(=O)N2CCC(C(=O)Nc3nc(C)cs3)CC2)cc1OC. The Balaban J connectivity index is 1.62. The summed E-state index contributed by atoms with van der Waals surface area (Å²) in [6.45, 7) is 5.34. The molecule has 1 N–H and O–H groups in total. The minimum atomic E-state index is -0.121. The predicted molar refractivity (Wildman–Crippen MR) is 116 cm³/mol. The number of piperidine rings is 1. The van der Waals surface area contributed by atoms with Crippen molar-refractivity contribution in [2.45, 2.75) is 26.7 Å². The van der Waals surface area contributed by atoms with Gasteiger partial charge in [-0.3, -0.25) is 9.59 Å². The zero-order valence-corrected chi connectivity index (χ0v) is 19.1. The summed E-state index contributed by atoms with van der Waals surface area (Å²) in [5, 5.41) is 5.40. The molecule has 0 aliphatic carbocycles. The molecule has 0 atom stereocenters. The summed E-state index contributed by atoms with van der Waals surface area (Å²) < 4.78 is 11.6. The van der Waals surface area contributed by atoms with Crippen LogP contribution >= 0.6 is 27.3 Å². The zero-order chi connectivity index (χ0) is 21.0. The van der Waals surface area contributed by atoms with Gasteiger partial charge in [-0.05, 0) is 54.8 Å². The van der Waals surface area contributed by atoms with Gasteiger partial charge in [0.05, 0.1) is 23.9 Å². The molecule has 0 saturated carbocycles. The van der Waals surface area contributed by atoms with Crippen molar-refractivity contribution < 1.29 is 19.1 Å². The van der Waals surface area contributed by atoms with Crippen molar-refractivity contribution in [3.63, 3.8) is 0 Å². The van der Waals surface area contributed by atoms with Gasteiger partial charge in [-0.25, -0.2) is 4.98 Å². The Morgan fingerprint density at radius 1 is 1.34 bits per heavy atom. The summed E-state index contributed by atoms with van der Waals surface area (Å²) in [4.78, 5) is 31.5. The van der Waals surface area contributed by atoms with Crippen LogP contribution in [0.5, 0.6) is 11.5 Å². The molecule has 0 unspecified atom stereocenters. The molecule has 2 amide bonds. The fourth-order valence-corrected chi connectivity index (χ4v) is 4.52. The number of aryl methyl sites for hydroxylation is 1. The Labute approximate surface area is 182 Å². The lowest BCUT2D eigenvalue weighted by Gasteiger charge is -2.31. The average Bonchev–Trinajstić information content (AvgIpc) is 3.13. The van der Waals surface area contributed by atoms with E-state index in [0.717, 1.165) is 5.69 Å². The van der Waals surface area contributed by atoms with Gasteiger partial charge in [-0.1, -0.05) is 0 Å². The zero-order valence-electron chi connectivity index (χ0n) is 16.7. The second kappa shape index (κ2) is 9.58. The van der Waals surface area contributed by atoms with Crippen molar-refractivity contribution in [3.05, 3.63) is 33.2 Å². The third kappa shape index (κ3) is 5.08. The smallest absolute Gasteiger partial charge is 0.254 e. The van der Waals surface area contributed by atoms with Crippen LogP contribution in [0.4, 0.5) is 5.13 Å². The van der Waals surface area contributed by atoms with E-state index in [2.05, 4.69) is 26.2 Å². The number of halogens is 1. The van der Waals surface area contributed by atoms with Gasteiger partial charge in [0.1, 0.15) is 0 Å². The summed E-state index contributed by atoms with van der Waals surface area (Å²) >= 11 is 4.88. The standard InChI is InChI=1S/C20H24BrN3O4S/c1-4-28-17-15(21)9-14(10-16(17)27-3)19(26)24-7-5-13(6-8-24)18(25)23-20-22-12(2)11-29-20/h9-11,13H,4-8H2,1-3H3,(H,22,23,25). The number of benzene rings is 1. The number of nitrogens with zero attached hydrogens (tertiary/aromatic N) is 2. The molecule has 9 heteroatoms. The molecule has 7 nitrogen and oxygen atoms in total. The van der Waals surface area contributed by atoms with E-state index in [1.165, 1.54) is 11.3 Å². The maximum absolute atomic E-state index is 13.0. The number of ether oxygens (including phenoxy) is 2. The monoisotopic (exact) mass is 481 g/mol. The number of methoxy groups -OCH3 is 1. The van der Waals surface area contributed by atoms with Gasteiger partial charge < -0.3 is 19.7 Å². The largest absolute Gasteiger partial charge is 0.493 e. The first kappa shape index (κ1) is 21.6. The first-order valence-corrected chi connectivity index (χ1v) is 11.1. The number of hydrogen-bond acceptors (Lipinski definition) is 6. The fraction of sp³-hybridized carbons (Fsp3) is 0.450. The Kier molecular flexibility index (Phi) is 7.13. The van der Waals surface area contributed by atoms with E-state index in [9.17, 15) is 9.59 Å². The van der Waals surface area contributed by atoms with Gasteiger partial charge in [-0.2, -0.15) is 0 Å². The number of thiazole rings is 1. The minimum absolute atomic E-state index is 0.0306. The molecular weight excluding hydrogens is 458 g/mol. The predicted octanol–water partition coefficient (Wildman–Crippen LogP) is 4.11. The van der Waals surface area contributed by atoms with Crippen molar-refractivity contribution in [1.29, 1.82) is 0 Å². The number of amides is 2. The average molecular weight is 482 g/mol. The van der Waals surface area contributed by atoms with Crippen LogP contribution in [0.15, 0.2) is 22.0 Å². The van der Waals surface area contributed by atoms with E-state index in [-0.39, 0.29) is 17.7 Å². The van der Waals surface area contributed by atoms with Crippen LogP contribution in [-0.4, -0.2) is 48.5 Å². The highest BCUT2D eigenvalue weighted by atomic mass is 79.9. The summed E-state index contributed by atoms with van der Waals surface area (Å²) in [5.74, 6) is 0.861. The van der Waals surface area contributed by atoms with Crippen LogP contribution in [-0.2, 0) is 4.79 Å². The van der Waals surface area contributed by atoms with Gasteiger partial charge in [0, 0.05) is 30.0 Å². The van der Waals surface area contributed by atoms with Crippen LogP contribution in [0, 0.1) is 12.8 Å². The van der Waals surface area contributed by atoms with E-state index >= 15 is 0 Å². The maximum Gasteiger partial charge on any atom is 0.254 e. The van der Waals surface area contributed by atoms with E-state index < -0.39 is 0 Å². The normalized spacial score (nSPS) is 14.6. The van der Waals surface area contributed by atoms with Crippen LogP contribution in [0.3, 0.4) is 0 Å². The molecule has 1 aliphatic heterocycles. The van der Waals surface area contributed by atoms with Crippen LogP contribution in [0.25, 0.3) is 0 Å². The summed E-state index contributed by atoms with van der Waals surface area (Å²) in [6, 6.07) is 3.45. The van der Waals surface area contributed by atoms with Gasteiger partial charge >= 0.3 is 0 Å². The van der Waals surface area contributed by atoms with Gasteiger partial charge in [-0.15, -0.1) is 11.3 Å². The quantitative estimate of drug-likeness (QED) is 0.671. The van der Waals surface area contributed by atoms with Gasteiger partial charge in [0.25, 0.3) is 5.91 Å². The molecule has 3 rings (SSSR count). The number of aromatic nitrogens is 1. The van der Waals surface area contributed by atoms with Crippen LogP contribution in [0.2, 0.25) is 0 Å². The molecule has 1 aliphatic rings. The lowest BCUT2D eigenvalue weighted by molar-refractivity contribution is -0.121. The Hall–Kier alpha value is -2.13. The third-order valence-corrected chi connectivity index (χ3v) is 6.23. The van der Waals surface area contributed by atoms with Gasteiger partial charge in [0.2, 0.25) is 5.91 Å². The lowest BCUT2D eigenvalue weighted by Crippen LogP contribution is -2.41. The number of hydrogen-bond donors (Lipinski definition) is 1. The fourth-order valence-electron chi connectivity index (χ4n) is 3.27. The highest BCUT2D eigenvalue weighted by Gasteiger charge is 2.29. The molecule has 2 heterocycles. The Bertz CT molecular complexity index is 894. The molecule has 1 aromatic heterocycles. The highest BCUT2D eigenvalue weighted by molar-refractivity contribution is 9.10. The molecule has 1 saturated heterocycles. The van der Waals surface area contributed by atoms with Crippen molar-refractivity contribution >= 4 is 44.2 Å². The van der Waals surface area contributed by atoms with Crippen molar-refractivity contribution in [3.8, 4) is 11.5 Å². The van der Waals surface area contributed by atoms with E-state index in [1.54, 1.807) is 24.1 Å². The number of rotatable bonds is 6. The van der Waals surface area contributed by atoms with E-state index in [0.29, 0.717) is 59.2 Å². The summed E-state index contributed by atoms with van der Waals surface area (Å²) in [5.41, 5.74) is 1.42. The number of anilines is 1. The molecule has 2 aromatic rings. The van der Waals surface area contributed by atoms with Crippen molar-refractivity contribution in [1.82, 2.24) is 9.88 Å². The number of carbonyl (C=O) groups excluding carboxylic acids is 2. The molecule has 1 fully saturated rings. The summed E-state index contributed by atoms with van der Waals surface area (Å²) in [7, 11) is 1.55. The maximum atomic E-state index is 13.0. The van der Waals surface area contributed by atoms with Crippen molar-refractivity contribution in [2.24, 2.45) is 5.92 Å². The van der Waals surface area contributed by atoms with Crippen molar-refractivity contribution in [2.75, 3.05) is 32.1 Å². The lowest BCUT2D eigenvalue weighted by atomic mass is 9.95. The topological polar surface area (TPSA) is 80.8 Å². The number of carbonyl (C=O) groups is 2. The molecule has 0 spiro atoms. The summed E-state index contributed by atoms with van der Waals surface area (Å²) in [6.07, 6.45) is 1.24. The van der Waals surface area contributed by atoms with Crippen LogP contribution in [0.1, 0.15) is 35.8 Å². The second-order valence-corrected chi connectivity index (χ2v) is 8.48. The molecule has 29 heavy (non-hydrogen) atoms. The third-order valence-electron chi connectivity index (χ3n) is 4.77. The number of nitrogens with one attached hydrogen (secondary N) is 1. The molecule has 1 aromatic carbocycles. The Morgan fingerprint density at radius 3 is 2.66 bits per heavy atom. The van der Waals surface area contributed by atoms with Crippen LogP contribution < -0.4 is 14.8 Å². The first-order valence-electron chi connectivity index (χ1n) is 9.45. The second-order valence-electron chi connectivity index (χ2n) is 6.77. The highest BCUT2D eigenvalue weighted by Crippen LogP contribution is 2.37. The van der Waals surface area contributed by atoms with Gasteiger partial charge in [0.15, 0.2) is 16.6 Å². The Morgan fingerprint density at radius 2 is 2.07 bits per heavy atom. The van der Waals surface area contributed by atoms with E-state index in [4.69, 9.17) is 9.47 Å². The molecular formula is C20H24BrN3O4S. The first-order chi connectivity index (χ1) is 13.9. The minimum Gasteiger partial charge on any atom is -0.493 e. The molecule has 0 radical (unpaired) electrons.